The summed E-state index contributed by atoms with van der Waals surface area (Å²) < 4.78 is 76.9. The third-order valence-electron chi connectivity index (χ3n) is 6.40. The van der Waals surface area contributed by atoms with Crippen molar-refractivity contribution >= 4 is 17.8 Å². The van der Waals surface area contributed by atoms with Crippen LogP contribution in [0.3, 0.4) is 0 Å². The number of nitrogens with zero attached hydrogens (tertiary/aromatic N) is 3. The van der Waals surface area contributed by atoms with Crippen LogP contribution in [0.2, 0.25) is 0 Å². The lowest BCUT2D eigenvalue weighted by Gasteiger charge is -2.27. The first-order valence-corrected chi connectivity index (χ1v) is 11.7. The van der Waals surface area contributed by atoms with Crippen molar-refractivity contribution in [3.05, 3.63) is 65.7 Å². The second-order valence-corrected chi connectivity index (χ2v) is 9.30. The second kappa shape index (κ2) is 13.1. The van der Waals surface area contributed by atoms with E-state index in [2.05, 4.69) is 16.8 Å². The number of benzene rings is 1. The van der Waals surface area contributed by atoms with E-state index in [0.29, 0.717) is 19.0 Å². The van der Waals surface area contributed by atoms with Gasteiger partial charge >= 0.3 is 24.3 Å². The molecule has 2 aliphatic heterocycles. The van der Waals surface area contributed by atoms with Crippen LogP contribution in [0, 0.1) is 17.2 Å². The van der Waals surface area contributed by atoms with Crippen molar-refractivity contribution in [2.45, 2.75) is 38.8 Å². The number of amides is 1. The van der Waals surface area contributed by atoms with E-state index in [1.54, 1.807) is 18.3 Å². The molecule has 40 heavy (non-hydrogen) atoms. The number of likely N-dealkylation sites (tertiary alicyclic amines) is 2. The van der Waals surface area contributed by atoms with E-state index in [-0.39, 0.29) is 17.1 Å². The van der Waals surface area contributed by atoms with Gasteiger partial charge in [-0.3, -0.25) is 14.7 Å². The maximum absolute atomic E-state index is 13.4. The quantitative estimate of drug-likeness (QED) is 0.517. The van der Waals surface area contributed by atoms with Crippen LogP contribution >= 0.6 is 0 Å². The summed E-state index contributed by atoms with van der Waals surface area (Å²) in [6.07, 6.45) is -5.69. The Morgan fingerprint density at radius 3 is 2.08 bits per heavy atom. The first-order valence-electron chi connectivity index (χ1n) is 11.7. The van der Waals surface area contributed by atoms with Crippen LogP contribution in [0.1, 0.15) is 24.5 Å². The molecule has 0 bridgehead atoms. The van der Waals surface area contributed by atoms with Crippen molar-refractivity contribution in [3.8, 4) is 0 Å². The van der Waals surface area contributed by atoms with Gasteiger partial charge in [0, 0.05) is 45.1 Å². The topological polar surface area (TPSA) is 111 Å². The minimum Gasteiger partial charge on any atom is -0.475 e. The summed E-state index contributed by atoms with van der Waals surface area (Å²) in [7, 11) is 0. The molecule has 2 fully saturated rings. The monoisotopic (exact) mass is 581 g/mol. The van der Waals surface area contributed by atoms with E-state index >= 15 is 0 Å². The number of aliphatic carboxylic acids is 2. The molecule has 220 valence electrons. The Bertz CT molecular complexity index is 1150. The molecule has 0 saturated carbocycles. The van der Waals surface area contributed by atoms with Crippen molar-refractivity contribution in [2.75, 3.05) is 19.6 Å². The molecule has 3 heterocycles. The lowest BCUT2D eigenvalue weighted by atomic mass is 9.78. The molecule has 2 aliphatic rings. The highest BCUT2D eigenvalue weighted by atomic mass is 19.4. The molecule has 1 aromatic carbocycles. The summed E-state index contributed by atoms with van der Waals surface area (Å²) in [4.78, 5) is 39.4. The van der Waals surface area contributed by atoms with E-state index in [9.17, 15) is 35.5 Å². The number of carbonyl (C=O) groups is 3. The van der Waals surface area contributed by atoms with E-state index in [1.807, 2.05) is 29.3 Å². The van der Waals surface area contributed by atoms with Gasteiger partial charge in [0.15, 0.2) is 0 Å². The minimum atomic E-state index is -5.08. The number of hydrogen-bond acceptors (Lipinski definition) is 5. The number of aromatic nitrogens is 1. The Morgan fingerprint density at radius 2 is 1.57 bits per heavy atom. The SMILES string of the molecule is C[C@@H]1CN(Cc2cccc(F)c2)C[C@]12CCN(Cc1cccnc1)C2=O.O=C(O)C(F)(F)F.O=C(O)C(F)(F)F. The predicted octanol–water partition coefficient (Wildman–Crippen LogP) is 4.36. The zero-order valence-corrected chi connectivity index (χ0v) is 21.0. The Morgan fingerprint density at radius 1 is 1.00 bits per heavy atom. The van der Waals surface area contributed by atoms with Gasteiger partial charge in [-0.15, -0.1) is 0 Å². The van der Waals surface area contributed by atoms with Crippen molar-refractivity contribution in [2.24, 2.45) is 11.3 Å². The number of rotatable bonds is 4. The molecule has 2 saturated heterocycles. The first kappa shape index (κ1) is 32.5. The van der Waals surface area contributed by atoms with Crippen LogP contribution in [0.5, 0.6) is 0 Å². The van der Waals surface area contributed by atoms with Crippen LogP contribution in [-0.2, 0) is 27.5 Å². The smallest absolute Gasteiger partial charge is 0.475 e. The minimum absolute atomic E-state index is 0.205. The molecular weight excluding hydrogens is 555 g/mol. The Balaban J connectivity index is 0.000000333. The van der Waals surface area contributed by atoms with Crippen molar-refractivity contribution in [1.82, 2.24) is 14.8 Å². The van der Waals surface area contributed by atoms with E-state index in [4.69, 9.17) is 19.8 Å². The maximum atomic E-state index is 13.4. The number of pyridine rings is 1. The summed E-state index contributed by atoms with van der Waals surface area (Å²) >= 11 is 0. The zero-order chi connectivity index (χ0) is 30.3. The Labute approximate surface area is 224 Å². The molecule has 1 spiro atoms. The third kappa shape index (κ3) is 8.89. The summed E-state index contributed by atoms with van der Waals surface area (Å²) in [6.45, 7) is 5.93. The van der Waals surface area contributed by atoms with E-state index in [0.717, 1.165) is 37.2 Å². The molecule has 1 aromatic heterocycles. The van der Waals surface area contributed by atoms with Crippen LogP contribution in [-0.4, -0.2) is 74.8 Å². The number of carboxylic acid groups (broad SMARTS) is 2. The molecule has 0 unspecified atom stereocenters. The van der Waals surface area contributed by atoms with E-state index < -0.39 is 24.3 Å². The predicted molar refractivity (Wildman–Crippen MR) is 125 cm³/mol. The first-order chi connectivity index (χ1) is 18.5. The normalized spacial score (nSPS) is 20.9. The molecule has 2 atom stereocenters. The third-order valence-corrected chi connectivity index (χ3v) is 6.40. The Kier molecular flexibility index (Phi) is 10.6. The van der Waals surface area contributed by atoms with Gasteiger partial charge in [-0.05, 0) is 41.7 Å². The summed E-state index contributed by atoms with van der Waals surface area (Å²) in [5.74, 6) is -5.15. The highest BCUT2D eigenvalue weighted by Crippen LogP contribution is 2.45. The van der Waals surface area contributed by atoms with Gasteiger partial charge in [0.05, 0.1) is 5.41 Å². The second-order valence-electron chi connectivity index (χ2n) is 9.30. The average molecular weight is 581 g/mol. The number of carboxylic acids is 2. The molecule has 0 radical (unpaired) electrons. The molecule has 2 aromatic rings. The molecule has 0 aliphatic carbocycles. The fourth-order valence-corrected chi connectivity index (χ4v) is 4.52. The fourth-order valence-electron chi connectivity index (χ4n) is 4.52. The fraction of sp³-hybridized carbons (Fsp3) is 0.440. The molecule has 4 rings (SSSR count). The van der Waals surface area contributed by atoms with Crippen molar-refractivity contribution < 1.29 is 55.3 Å². The van der Waals surface area contributed by atoms with Gasteiger partial charge in [0.25, 0.3) is 0 Å². The number of alkyl halides is 6. The summed E-state index contributed by atoms with van der Waals surface area (Å²) in [5.41, 5.74) is 1.74. The number of hydrogen-bond donors (Lipinski definition) is 2. The van der Waals surface area contributed by atoms with Crippen LogP contribution in [0.25, 0.3) is 0 Å². The molecule has 1 amide bonds. The molecule has 2 N–H and O–H groups in total. The number of halogens is 7. The van der Waals surface area contributed by atoms with Crippen LogP contribution in [0.15, 0.2) is 48.8 Å². The highest BCUT2D eigenvalue weighted by Gasteiger charge is 2.54. The van der Waals surface area contributed by atoms with Gasteiger partial charge in [-0.25, -0.2) is 14.0 Å². The highest BCUT2D eigenvalue weighted by molar-refractivity contribution is 5.86. The van der Waals surface area contributed by atoms with Crippen LogP contribution in [0.4, 0.5) is 30.7 Å². The van der Waals surface area contributed by atoms with Gasteiger partial charge in [0.2, 0.25) is 5.91 Å². The maximum Gasteiger partial charge on any atom is 0.490 e. The molecule has 8 nitrogen and oxygen atoms in total. The van der Waals surface area contributed by atoms with Crippen molar-refractivity contribution in [3.63, 3.8) is 0 Å². The lowest BCUT2D eigenvalue weighted by Crippen LogP contribution is -2.39. The average Bonchev–Trinajstić information content (AvgIpc) is 3.33. The standard InChI is InChI=1S/C21H24FN3O.2C2HF3O2/c1-16-12-24(13-17-4-2-6-19(22)10-17)15-21(16)7-9-25(20(21)26)14-18-5-3-8-23-11-18;2*3-2(4,5)1(6)7/h2-6,8,10-11,16H,7,9,12-15H2,1H3;2*(H,6,7)/t16-,21-;;/m1../s1. The molecule has 15 heteroatoms. The summed E-state index contributed by atoms with van der Waals surface area (Å²) in [6, 6.07) is 10.7. The molecular formula is C25H26F7N3O5. The zero-order valence-electron chi connectivity index (χ0n) is 21.0. The summed E-state index contributed by atoms with van der Waals surface area (Å²) in [5, 5.41) is 14.2. The van der Waals surface area contributed by atoms with Gasteiger partial charge in [-0.2, -0.15) is 26.3 Å². The van der Waals surface area contributed by atoms with Gasteiger partial charge in [-0.1, -0.05) is 25.1 Å². The van der Waals surface area contributed by atoms with Crippen LogP contribution < -0.4 is 0 Å². The Hall–Kier alpha value is -3.75. The van der Waals surface area contributed by atoms with Crippen molar-refractivity contribution in [1.29, 1.82) is 0 Å². The van der Waals surface area contributed by atoms with E-state index in [1.165, 1.54) is 6.07 Å². The largest absolute Gasteiger partial charge is 0.490 e. The number of carbonyl (C=O) groups excluding carboxylic acids is 1. The van der Waals surface area contributed by atoms with Gasteiger partial charge in [0.1, 0.15) is 5.82 Å². The lowest BCUT2D eigenvalue weighted by molar-refractivity contribution is -0.193. The van der Waals surface area contributed by atoms with Gasteiger partial charge < -0.3 is 15.1 Å².